The topological polar surface area (TPSA) is 66.8 Å². The first-order valence-corrected chi connectivity index (χ1v) is 5.91. The number of benzene rings is 1. The molecule has 96 valence electrons. The number of carboxylic acids is 1. The Morgan fingerprint density at radius 2 is 2.06 bits per heavy atom. The van der Waals surface area contributed by atoms with Gasteiger partial charge in [-0.25, -0.2) is 4.79 Å². The number of nitrogens with zero attached hydrogens (tertiary/aromatic N) is 1. The number of carbonyl (C=O) groups excluding carboxylic acids is 1. The summed E-state index contributed by atoms with van der Waals surface area (Å²) in [6, 6.07) is 8.52. The van der Waals surface area contributed by atoms with Crippen molar-refractivity contribution in [3.63, 3.8) is 0 Å². The highest BCUT2D eigenvalue weighted by Crippen LogP contribution is 2.18. The molecular weight excluding hydrogens is 234 g/mol. The van der Waals surface area contributed by atoms with E-state index in [1.165, 1.54) is 5.06 Å². The van der Waals surface area contributed by atoms with Crippen LogP contribution in [0.5, 0.6) is 0 Å². The molecule has 1 unspecified atom stereocenters. The van der Waals surface area contributed by atoms with E-state index in [0.29, 0.717) is 13.0 Å². The Kier molecular flexibility index (Phi) is 3.94. The largest absolute Gasteiger partial charge is 0.480 e. The van der Waals surface area contributed by atoms with Crippen molar-refractivity contribution in [2.24, 2.45) is 0 Å². The van der Waals surface area contributed by atoms with Crippen molar-refractivity contribution in [3.05, 3.63) is 35.9 Å². The van der Waals surface area contributed by atoms with Crippen LogP contribution in [-0.4, -0.2) is 34.7 Å². The number of hydroxylamine groups is 2. The predicted molar refractivity (Wildman–Crippen MR) is 63.6 cm³/mol. The standard InChI is InChI=1S/C13H15NO4/c15-12(9-10-5-2-1-3-6-10)18-14-8-4-7-11(14)13(16)17/h1-3,5-6,11H,4,7-9H2,(H,16,17). The lowest BCUT2D eigenvalue weighted by Crippen LogP contribution is -2.37. The molecule has 18 heavy (non-hydrogen) atoms. The summed E-state index contributed by atoms with van der Waals surface area (Å²) in [5.74, 6) is -1.37. The van der Waals surface area contributed by atoms with E-state index in [9.17, 15) is 9.59 Å². The van der Waals surface area contributed by atoms with Crippen LogP contribution in [0.4, 0.5) is 0 Å². The van der Waals surface area contributed by atoms with Crippen LogP contribution in [0.2, 0.25) is 0 Å². The SMILES string of the molecule is O=C(Cc1ccccc1)ON1CCCC1C(=O)O. The molecule has 0 radical (unpaired) electrons. The summed E-state index contributed by atoms with van der Waals surface area (Å²) in [4.78, 5) is 27.7. The second-order valence-electron chi connectivity index (χ2n) is 4.26. The summed E-state index contributed by atoms with van der Waals surface area (Å²) in [5, 5.41) is 10.2. The van der Waals surface area contributed by atoms with Gasteiger partial charge in [-0.1, -0.05) is 30.3 Å². The van der Waals surface area contributed by atoms with Gasteiger partial charge in [0.25, 0.3) is 0 Å². The van der Waals surface area contributed by atoms with Gasteiger partial charge in [0.1, 0.15) is 6.04 Å². The van der Waals surface area contributed by atoms with Crippen molar-refractivity contribution >= 4 is 11.9 Å². The number of carbonyl (C=O) groups is 2. The lowest BCUT2D eigenvalue weighted by molar-refractivity contribution is -0.198. The van der Waals surface area contributed by atoms with E-state index in [-0.39, 0.29) is 6.42 Å². The smallest absolute Gasteiger partial charge is 0.329 e. The van der Waals surface area contributed by atoms with Crippen molar-refractivity contribution in [2.45, 2.75) is 25.3 Å². The summed E-state index contributed by atoms with van der Waals surface area (Å²) < 4.78 is 0. The van der Waals surface area contributed by atoms with Crippen LogP contribution in [-0.2, 0) is 20.8 Å². The lowest BCUT2D eigenvalue weighted by Gasteiger charge is -2.19. The molecule has 0 amide bonds. The fraction of sp³-hybridized carbons (Fsp3) is 0.385. The Balaban J connectivity index is 1.90. The van der Waals surface area contributed by atoms with Gasteiger partial charge in [-0.05, 0) is 18.4 Å². The van der Waals surface area contributed by atoms with Gasteiger partial charge in [-0.2, -0.15) is 0 Å². The summed E-state index contributed by atoms with van der Waals surface area (Å²) >= 11 is 0. The molecule has 1 saturated heterocycles. The van der Waals surface area contributed by atoms with Crippen LogP contribution in [0.15, 0.2) is 30.3 Å². The third-order valence-electron chi connectivity index (χ3n) is 2.90. The normalized spacial score (nSPS) is 19.7. The van der Waals surface area contributed by atoms with Crippen molar-refractivity contribution in [3.8, 4) is 0 Å². The summed E-state index contributed by atoms with van der Waals surface area (Å²) in [6.45, 7) is 0.484. The number of aliphatic carboxylic acids is 1. The first-order valence-electron chi connectivity index (χ1n) is 5.91. The summed E-state index contributed by atoms with van der Waals surface area (Å²) in [7, 11) is 0. The molecule has 0 aromatic heterocycles. The molecule has 1 heterocycles. The quantitative estimate of drug-likeness (QED) is 0.869. The first kappa shape index (κ1) is 12.6. The Hall–Kier alpha value is -1.88. The Labute approximate surface area is 105 Å². The fourth-order valence-electron chi connectivity index (χ4n) is 2.02. The number of hydrogen-bond acceptors (Lipinski definition) is 4. The summed E-state index contributed by atoms with van der Waals surface area (Å²) in [6.07, 6.45) is 1.41. The van der Waals surface area contributed by atoms with Crippen LogP contribution >= 0.6 is 0 Å². The maximum Gasteiger partial charge on any atom is 0.329 e. The molecule has 0 spiro atoms. The van der Waals surface area contributed by atoms with Crippen molar-refractivity contribution in [1.82, 2.24) is 5.06 Å². The average molecular weight is 249 g/mol. The molecular formula is C13H15NO4. The average Bonchev–Trinajstić information content (AvgIpc) is 2.78. The van der Waals surface area contributed by atoms with Crippen molar-refractivity contribution in [1.29, 1.82) is 0 Å². The van der Waals surface area contributed by atoms with E-state index < -0.39 is 18.0 Å². The number of hydrogen-bond donors (Lipinski definition) is 1. The Bertz CT molecular complexity index is 432. The van der Waals surface area contributed by atoms with Gasteiger partial charge in [0.2, 0.25) is 0 Å². The molecule has 1 aliphatic heterocycles. The van der Waals surface area contributed by atoms with Crippen LogP contribution in [0.25, 0.3) is 0 Å². The molecule has 1 atom stereocenters. The molecule has 0 bridgehead atoms. The monoisotopic (exact) mass is 249 g/mol. The molecule has 5 heteroatoms. The summed E-state index contributed by atoms with van der Waals surface area (Å²) in [5.41, 5.74) is 0.855. The Morgan fingerprint density at radius 1 is 1.33 bits per heavy atom. The Morgan fingerprint density at radius 3 is 2.72 bits per heavy atom. The zero-order valence-electron chi connectivity index (χ0n) is 9.91. The maximum atomic E-state index is 11.7. The van der Waals surface area contributed by atoms with Crippen LogP contribution in [0.1, 0.15) is 18.4 Å². The second-order valence-corrected chi connectivity index (χ2v) is 4.26. The third-order valence-corrected chi connectivity index (χ3v) is 2.90. The third kappa shape index (κ3) is 3.07. The number of rotatable bonds is 4. The van der Waals surface area contributed by atoms with Gasteiger partial charge < -0.3 is 9.94 Å². The zero-order chi connectivity index (χ0) is 13.0. The molecule has 5 nitrogen and oxygen atoms in total. The van der Waals surface area contributed by atoms with Gasteiger partial charge in [0.15, 0.2) is 0 Å². The first-order chi connectivity index (χ1) is 8.66. The molecule has 0 aliphatic carbocycles. The molecule has 1 aliphatic rings. The fourth-order valence-corrected chi connectivity index (χ4v) is 2.02. The number of carboxylic acid groups (broad SMARTS) is 1. The molecule has 0 saturated carbocycles. The van der Waals surface area contributed by atoms with Gasteiger partial charge >= 0.3 is 11.9 Å². The van der Waals surface area contributed by atoms with Crippen LogP contribution in [0.3, 0.4) is 0 Å². The van der Waals surface area contributed by atoms with Gasteiger partial charge in [-0.3, -0.25) is 4.79 Å². The van der Waals surface area contributed by atoms with E-state index >= 15 is 0 Å². The lowest BCUT2D eigenvalue weighted by atomic mass is 10.2. The maximum absolute atomic E-state index is 11.7. The highest BCUT2D eigenvalue weighted by atomic mass is 16.7. The van der Waals surface area contributed by atoms with Gasteiger partial charge in [0, 0.05) is 6.54 Å². The van der Waals surface area contributed by atoms with Crippen molar-refractivity contribution in [2.75, 3.05) is 6.54 Å². The highest BCUT2D eigenvalue weighted by Gasteiger charge is 2.33. The van der Waals surface area contributed by atoms with E-state index in [4.69, 9.17) is 9.94 Å². The van der Waals surface area contributed by atoms with Crippen molar-refractivity contribution < 1.29 is 19.5 Å². The molecule has 1 fully saturated rings. The molecule has 1 aromatic carbocycles. The minimum Gasteiger partial charge on any atom is -0.480 e. The van der Waals surface area contributed by atoms with E-state index in [1.807, 2.05) is 30.3 Å². The van der Waals surface area contributed by atoms with E-state index in [1.54, 1.807) is 0 Å². The highest BCUT2D eigenvalue weighted by molar-refractivity contribution is 5.75. The predicted octanol–water partition coefficient (Wildman–Crippen LogP) is 1.24. The zero-order valence-corrected chi connectivity index (χ0v) is 9.91. The molecule has 1 aromatic rings. The van der Waals surface area contributed by atoms with Crippen LogP contribution in [0, 0.1) is 0 Å². The van der Waals surface area contributed by atoms with Crippen LogP contribution < -0.4 is 0 Å². The minimum atomic E-state index is -0.944. The van der Waals surface area contributed by atoms with E-state index in [0.717, 1.165) is 12.0 Å². The van der Waals surface area contributed by atoms with Gasteiger partial charge in [-0.15, -0.1) is 5.06 Å². The van der Waals surface area contributed by atoms with E-state index in [2.05, 4.69) is 0 Å². The molecule has 1 N–H and O–H groups in total. The molecule has 2 rings (SSSR count). The van der Waals surface area contributed by atoms with Gasteiger partial charge in [0.05, 0.1) is 6.42 Å². The second kappa shape index (κ2) is 5.64. The minimum absolute atomic E-state index is 0.156.